The minimum absolute atomic E-state index is 0.156. The number of nitrogens with zero attached hydrogens (tertiary/aromatic N) is 4. The Morgan fingerprint density at radius 3 is 2.69 bits per heavy atom. The van der Waals surface area contributed by atoms with Crippen molar-refractivity contribution in [3.05, 3.63) is 42.7 Å². The Kier molecular flexibility index (Phi) is 5.08. The third kappa shape index (κ3) is 3.80. The molecule has 1 aliphatic heterocycles. The highest BCUT2D eigenvalue weighted by molar-refractivity contribution is 5.94. The monoisotopic (exact) mass is 392 g/mol. The molecule has 0 unspecified atom stereocenters. The second kappa shape index (κ2) is 8.00. The van der Waals surface area contributed by atoms with Crippen molar-refractivity contribution in [2.45, 2.75) is 37.8 Å². The van der Waals surface area contributed by atoms with E-state index in [1.165, 1.54) is 11.1 Å². The second-order valence-electron chi connectivity index (χ2n) is 8.02. The average Bonchev–Trinajstić information content (AvgIpc) is 3.21. The van der Waals surface area contributed by atoms with E-state index in [1.54, 1.807) is 0 Å². The number of nitrogens with one attached hydrogen (secondary N) is 2. The SMILES string of the molecule is O[C@H]1CC[C@@H](Nc2nccc(-n3ccc4c(N5CCNCC5)cccc43)n2)CC1. The van der Waals surface area contributed by atoms with Crippen molar-refractivity contribution in [2.24, 2.45) is 0 Å². The van der Waals surface area contributed by atoms with Crippen LogP contribution in [0.1, 0.15) is 25.7 Å². The minimum Gasteiger partial charge on any atom is -0.393 e. The molecule has 3 N–H and O–H groups in total. The summed E-state index contributed by atoms with van der Waals surface area (Å²) in [6.07, 6.45) is 7.34. The molecule has 0 atom stereocenters. The Bertz CT molecular complexity index is 972. The normalized spacial score (nSPS) is 22.7. The third-order valence-corrected chi connectivity index (χ3v) is 6.09. The Balaban J connectivity index is 1.42. The highest BCUT2D eigenvalue weighted by atomic mass is 16.3. The Morgan fingerprint density at radius 1 is 1.03 bits per heavy atom. The summed E-state index contributed by atoms with van der Waals surface area (Å²) in [7, 11) is 0. The Morgan fingerprint density at radius 2 is 1.86 bits per heavy atom. The summed E-state index contributed by atoms with van der Waals surface area (Å²) in [4.78, 5) is 11.6. The number of fused-ring (bicyclic) bond motifs is 1. The zero-order chi connectivity index (χ0) is 19.6. The van der Waals surface area contributed by atoms with E-state index in [2.05, 4.69) is 55.5 Å². The van der Waals surface area contributed by atoms with Crippen LogP contribution in [0, 0.1) is 0 Å². The highest BCUT2D eigenvalue weighted by Crippen LogP contribution is 2.30. The molecule has 2 aliphatic rings. The second-order valence-corrected chi connectivity index (χ2v) is 8.02. The molecule has 0 bridgehead atoms. The van der Waals surface area contributed by atoms with Crippen LogP contribution in [0.4, 0.5) is 11.6 Å². The molecule has 2 aromatic heterocycles. The summed E-state index contributed by atoms with van der Waals surface area (Å²) < 4.78 is 2.14. The molecule has 1 aliphatic carbocycles. The molecule has 0 radical (unpaired) electrons. The molecule has 5 rings (SSSR count). The summed E-state index contributed by atoms with van der Waals surface area (Å²) in [6.45, 7) is 4.11. The van der Waals surface area contributed by atoms with Crippen LogP contribution in [0.25, 0.3) is 16.7 Å². The van der Waals surface area contributed by atoms with Gasteiger partial charge in [-0.1, -0.05) is 6.07 Å². The zero-order valence-corrected chi connectivity index (χ0v) is 16.6. The first-order valence-corrected chi connectivity index (χ1v) is 10.6. The molecule has 3 heterocycles. The van der Waals surface area contributed by atoms with Gasteiger partial charge in [-0.2, -0.15) is 4.98 Å². The Hall–Kier alpha value is -2.64. The van der Waals surface area contributed by atoms with Crippen molar-refractivity contribution < 1.29 is 5.11 Å². The van der Waals surface area contributed by atoms with Gasteiger partial charge in [0.1, 0.15) is 5.82 Å². The summed E-state index contributed by atoms with van der Waals surface area (Å²) in [5.41, 5.74) is 2.45. The molecule has 1 saturated heterocycles. The number of aromatic nitrogens is 3. The fourth-order valence-electron chi connectivity index (χ4n) is 4.49. The standard InChI is InChI=1S/C22H28N6O/c29-17-6-4-16(5-7-17)25-22-24-10-8-21(26-22)28-13-9-18-19(2-1-3-20(18)28)27-14-11-23-12-15-27/h1-3,8-10,13,16-17,23,29H,4-7,11-12,14-15H2,(H,24,25,26)/t16-,17+. The van der Waals surface area contributed by atoms with Gasteiger partial charge in [0.05, 0.1) is 11.6 Å². The molecule has 0 amide bonds. The van der Waals surface area contributed by atoms with Crippen molar-refractivity contribution in [2.75, 3.05) is 36.4 Å². The molecular weight excluding hydrogens is 364 g/mol. The number of aliphatic hydroxyl groups is 1. The number of rotatable bonds is 4. The van der Waals surface area contributed by atoms with E-state index in [1.807, 2.05) is 12.3 Å². The maximum atomic E-state index is 9.71. The lowest BCUT2D eigenvalue weighted by Crippen LogP contribution is -2.43. The van der Waals surface area contributed by atoms with E-state index in [-0.39, 0.29) is 6.10 Å². The molecule has 7 heteroatoms. The number of piperazine rings is 1. The highest BCUT2D eigenvalue weighted by Gasteiger charge is 2.20. The summed E-state index contributed by atoms with van der Waals surface area (Å²) in [5, 5.41) is 17.8. The van der Waals surface area contributed by atoms with Crippen LogP contribution < -0.4 is 15.5 Å². The number of hydrogen-bond acceptors (Lipinski definition) is 6. The molecule has 152 valence electrons. The van der Waals surface area contributed by atoms with E-state index in [4.69, 9.17) is 4.98 Å². The molecule has 7 nitrogen and oxygen atoms in total. The van der Waals surface area contributed by atoms with Crippen LogP contribution in [0.5, 0.6) is 0 Å². The van der Waals surface area contributed by atoms with Crippen molar-refractivity contribution >= 4 is 22.5 Å². The van der Waals surface area contributed by atoms with E-state index in [0.29, 0.717) is 12.0 Å². The molecule has 0 spiro atoms. The quantitative estimate of drug-likeness (QED) is 0.633. The van der Waals surface area contributed by atoms with Crippen LogP contribution in [0.2, 0.25) is 0 Å². The van der Waals surface area contributed by atoms with E-state index >= 15 is 0 Å². The van der Waals surface area contributed by atoms with Gasteiger partial charge in [-0.05, 0) is 49.9 Å². The molecular formula is C22H28N6O. The molecule has 3 aromatic rings. The van der Waals surface area contributed by atoms with E-state index in [9.17, 15) is 5.11 Å². The summed E-state index contributed by atoms with van der Waals surface area (Å²) in [6, 6.07) is 11.0. The maximum Gasteiger partial charge on any atom is 0.224 e. The van der Waals surface area contributed by atoms with Crippen LogP contribution >= 0.6 is 0 Å². The van der Waals surface area contributed by atoms with Crippen molar-refractivity contribution in [3.63, 3.8) is 0 Å². The molecule has 2 fully saturated rings. The van der Waals surface area contributed by atoms with Gasteiger partial charge in [-0.15, -0.1) is 0 Å². The lowest BCUT2D eigenvalue weighted by Gasteiger charge is -2.30. The smallest absolute Gasteiger partial charge is 0.224 e. The van der Waals surface area contributed by atoms with Crippen molar-refractivity contribution in [1.82, 2.24) is 19.9 Å². The molecule has 1 aromatic carbocycles. The van der Waals surface area contributed by atoms with Crippen LogP contribution in [-0.2, 0) is 0 Å². The van der Waals surface area contributed by atoms with Crippen LogP contribution in [0.3, 0.4) is 0 Å². The fourth-order valence-corrected chi connectivity index (χ4v) is 4.49. The van der Waals surface area contributed by atoms with Crippen LogP contribution in [-0.4, -0.2) is 58.0 Å². The predicted octanol–water partition coefficient (Wildman–Crippen LogP) is 2.55. The van der Waals surface area contributed by atoms with Gasteiger partial charge in [-0.3, -0.25) is 0 Å². The van der Waals surface area contributed by atoms with E-state index in [0.717, 1.165) is 63.2 Å². The number of anilines is 2. The van der Waals surface area contributed by atoms with Gasteiger partial charge >= 0.3 is 0 Å². The molecule has 29 heavy (non-hydrogen) atoms. The minimum atomic E-state index is -0.156. The first-order valence-electron chi connectivity index (χ1n) is 10.6. The fraction of sp³-hybridized carbons (Fsp3) is 0.455. The number of hydrogen-bond donors (Lipinski definition) is 3. The van der Waals surface area contributed by atoms with Crippen molar-refractivity contribution in [1.29, 1.82) is 0 Å². The lowest BCUT2D eigenvalue weighted by atomic mass is 9.93. The topological polar surface area (TPSA) is 78.2 Å². The van der Waals surface area contributed by atoms with Gasteiger partial charge < -0.3 is 25.2 Å². The van der Waals surface area contributed by atoms with Gasteiger partial charge in [0.2, 0.25) is 5.95 Å². The van der Waals surface area contributed by atoms with Gasteiger partial charge in [0.25, 0.3) is 0 Å². The number of aliphatic hydroxyl groups excluding tert-OH is 1. The van der Waals surface area contributed by atoms with Crippen LogP contribution in [0.15, 0.2) is 42.7 Å². The van der Waals surface area contributed by atoms with Gasteiger partial charge in [-0.25, -0.2) is 4.98 Å². The molecule has 1 saturated carbocycles. The first kappa shape index (κ1) is 18.4. The predicted molar refractivity (Wildman–Crippen MR) is 116 cm³/mol. The largest absolute Gasteiger partial charge is 0.393 e. The first-order chi connectivity index (χ1) is 14.3. The summed E-state index contributed by atoms with van der Waals surface area (Å²) in [5.74, 6) is 1.52. The number of benzene rings is 1. The zero-order valence-electron chi connectivity index (χ0n) is 16.6. The van der Waals surface area contributed by atoms with E-state index < -0.39 is 0 Å². The summed E-state index contributed by atoms with van der Waals surface area (Å²) >= 11 is 0. The average molecular weight is 393 g/mol. The third-order valence-electron chi connectivity index (χ3n) is 6.09. The van der Waals surface area contributed by atoms with Gasteiger partial charge in [0.15, 0.2) is 0 Å². The maximum absolute atomic E-state index is 9.71. The van der Waals surface area contributed by atoms with Crippen molar-refractivity contribution in [3.8, 4) is 5.82 Å². The Labute approximate surface area is 170 Å². The van der Waals surface area contributed by atoms with Gasteiger partial charge in [0, 0.05) is 55.7 Å². The lowest BCUT2D eigenvalue weighted by molar-refractivity contribution is 0.126.